The first-order valence-corrected chi connectivity index (χ1v) is 19.1. The maximum Gasteiger partial charge on any atom is 0.510 e. The summed E-state index contributed by atoms with van der Waals surface area (Å²) >= 11 is 0. The number of hydrogen-bond acceptors (Lipinski definition) is 14. The fourth-order valence-electron chi connectivity index (χ4n) is 5.10. The van der Waals surface area contributed by atoms with E-state index in [1.807, 2.05) is 91.0 Å². The van der Waals surface area contributed by atoms with Gasteiger partial charge in [0.25, 0.3) is 0 Å². The number of benzene rings is 3. The van der Waals surface area contributed by atoms with Crippen molar-refractivity contribution in [3.05, 3.63) is 120 Å². The first-order valence-electron chi connectivity index (χ1n) is 17.4. The summed E-state index contributed by atoms with van der Waals surface area (Å²) in [7, 11) is -2.87. The molecule has 0 bridgehead atoms. The van der Waals surface area contributed by atoms with E-state index in [-0.39, 0.29) is 19.8 Å². The smallest absolute Gasteiger partial charge is 0.432 e. The predicted molar refractivity (Wildman–Crippen MR) is 195 cm³/mol. The summed E-state index contributed by atoms with van der Waals surface area (Å²) in [5, 5.41) is 0. The third-order valence-electron chi connectivity index (χ3n) is 7.56. The van der Waals surface area contributed by atoms with Crippen LogP contribution in [-0.2, 0) is 76.1 Å². The van der Waals surface area contributed by atoms with Crippen molar-refractivity contribution in [1.29, 1.82) is 0 Å². The summed E-state index contributed by atoms with van der Waals surface area (Å²) in [5.74, 6) is 1.09. The van der Waals surface area contributed by atoms with Gasteiger partial charge in [-0.2, -0.15) is 0 Å². The molecule has 1 heterocycles. The Bertz CT molecular complexity index is 1570. The molecule has 0 aromatic heterocycles. The lowest BCUT2D eigenvalue weighted by molar-refractivity contribution is -0.309. The number of ether oxygens (including phenoxy) is 9. The van der Waals surface area contributed by atoms with E-state index >= 15 is 0 Å². The molecule has 14 nitrogen and oxygen atoms in total. The first kappa shape index (κ1) is 42.6. The molecule has 3 aromatic carbocycles. The van der Waals surface area contributed by atoms with Crippen LogP contribution < -0.4 is 0 Å². The molecule has 3 aromatic rings. The maximum absolute atomic E-state index is 14.0. The van der Waals surface area contributed by atoms with Crippen LogP contribution in [0.5, 0.6) is 0 Å². The number of methoxy groups -OCH3 is 1. The molecule has 0 saturated carbocycles. The second-order valence-corrected chi connectivity index (χ2v) is 14.4. The molecule has 15 heteroatoms. The molecule has 1 aliphatic heterocycles. The Labute approximate surface area is 316 Å². The number of hydrogen-bond donors (Lipinski definition) is 0. The normalized spacial score (nSPS) is 20.2. The van der Waals surface area contributed by atoms with Crippen LogP contribution in [0.4, 0.5) is 9.59 Å². The van der Waals surface area contributed by atoms with E-state index in [0.29, 0.717) is 0 Å². The van der Waals surface area contributed by atoms with Gasteiger partial charge in [-0.1, -0.05) is 91.0 Å². The highest BCUT2D eigenvalue weighted by atomic mass is 31.2. The van der Waals surface area contributed by atoms with E-state index < -0.39 is 76.4 Å². The van der Waals surface area contributed by atoms with E-state index in [4.69, 9.17) is 51.7 Å². The Morgan fingerprint density at radius 1 is 0.648 bits per heavy atom. The summed E-state index contributed by atoms with van der Waals surface area (Å²) in [5.41, 5.74) is 2.71. The van der Waals surface area contributed by atoms with Crippen molar-refractivity contribution in [3.8, 4) is 0 Å². The topological polar surface area (TPSA) is 153 Å². The van der Waals surface area contributed by atoms with Crippen LogP contribution in [0.15, 0.2) is 103 Å². The highest BCUT2D eigenvalue weighted by Gasteiger charge is 2.48. The van der Waals surface area contributed by atoms with E-state index in [2.05, 4.69) is 0 Å². The van der Waals surface area contributed by atoms with E-state index in [0.717, 1.165) is 22.5 Å². The van der Waals surface area contributed by atoms with Gasteiger partial charge < -0.3 is 42.6 Å². The van der Waals surface area contributed by atoms with Crippen molar-refractivity contribution in [3.63, 3.8) is 0 Å². The van der Waals surface area contributed by atoms with Crippen LogP contribution in [0.3, 0.4) is 0 Å². The average molecular weight is 773 g/mol. The average Bonchev–Trinajstić information content (AvgIpc) is 3.15. The van der Waals surface area contributed by atoms with Crippen LogP contribution in [0.1, 0.15) is 44.4 Å². The van der Waals surface area contributed by atoms with Crippen molar-refractivity contribution in [1.82, 2.24) is 0 Å². The fraction of sp³-hybridized carbons (Fsp3) is 0.436. The lowest BCUT2D eigenvalue weighted by Gasteiger charge is -2.45. The Hall–Kier alpha value is -4.11. The lowest BCUT2D eigenvalue weighted by atomic mass is 9.97. The molecule has 294 valence electrons. The van der Waals surface area contributed by atoms with E-state index in [1.165, 1.54) is 13.2 Å². The van der Waals surface area contributed by atoms with Crippen molar-refractivity contribution < 1.29 is 65.8 Å². The van der Waals surface area contributed by atoms with Crippen LogP contribution in [0, 0.1) is 0 Å². The van der Waals surface area contributed by atoms with Gasteiger partial charge in [-0.25, -0.2) is 9.59 Å². The Morgan fingerprint density at radius 2 is 1.06 bits per heavy atom. The van der Waals surface area contributed by atoms with Gasteiger partial charge in [-0.3, -0.25) is 13.6 Å². The van der Waals surface area contributed by atoms with E-state index in [9.17, 15) is 14.2 Å². The van der Waals surface area contributed by atoms with Gasteiger partial charge in [0.15, 0.2) is 6.29 Å². The van der Waals surface area contributed by atoms with Crippen LogP contribution in [-0.4, -0.2) is 75.9 Å². The van der Waals surface area contributed by atoms with Crippen molar-refractivity contribution >= 4 is 19.9 Å². The Kier molecular flexibility index (Phi) is 17.6. The Morgan fingerprint density at radius 3 is 1.46 bits per heavy atom. The Balaban J connectivity index is 1.65. The van der Waals surface area contributed by atoms with Crippen LogP contribution >= 0.6 is 7.60 Å². The van der Waals surface area contributed by atoms with Gasteiger partial charge in [0.2, 0.25) is 13.6 Å². The molecule has 1 aliphatic rings. The second-order valence-electron chi connectivity index (χ2n) is 12.5. The number of carbonyl (C=O) groups excluding carboxylic acids is 2. The van der Waals surface area contributed by atoms with E-state index in [1.54, 1.807) is 27.7 Å². The zero-order chi connectivity index (χ0) is 38.8. The standard InChI is InChI=1S/C39H49O14P/c1-28(2)51-38(40)47-26-49-54(42,50-27-48-39(41)52-29(3)4)22-21-33-34(44-23-30-15-9-6-10-16-30)35(45-24-31-17-11-7-12-18-31)36(37(43-5)53-33)46-25-32-19-13-8-14-20-32/h6-22,28-29,33-37H,23-27H2,1-5H3/b22-21+. The SMILES string of the molecule is COC1OC(/C=C/P(=O)(OCOC(=O)OC(C)C)OCOC(=O)OC(C)C)C(OCc2ccccc2)C(OCc2ccccc2)C1OCc1ccccc1. The molecule has 5 unspecified atom stereocenters. The highest BCUT2D eigenvalue weighted by molar-refractivity contribution is 7.57. The summed E-state index contributed by atoms with van der Waals surface area (Å²) in [6.07, 6.45) is -6.06. The third-order valence-corrected chi connectivity index (χ3v) is 9.03. The van der Waals surface area contributed by atoms with Crippen LogP contribution in [0.25, 0.3) is 0 Å². The molecule has 1 fully saturated rings. The maximum atomic E-state index is 14.0. The molecule has 1 saturated heterocycles. The molecule has 0 aliphatic carbocycles. The molecular formula is C39H49O14P. The highest BCUT2D eigenvalue weighted by Crippen LogP contribution is 2.50. The fourth-order valence-corrected chi connectivity index (χ4v) is 6.12. The molecule has 5 atom stereocenters. The molecular weight excluding hydrogens is 723 g/mol. The summed E-state index contributed by atoms with van der Waals surface area (Å²) in [6, 6.07) is 28.8. The van der Waals surface area contributed by atoms with Gasteiger partial charge in [0.1, 0.15) is 24.4 Å². The molecule has 0 N–H and O–H groups in total. The molecule has 0 radical (unpaired) electrons. The minimum absolute atomic E-state index is 0.162. The molecule has 4 rings (SSSR count). The molecule has 0 amide bonds. The zero-order valence-corrected chi connectivity index (χ0v) is 31.9. The monoisotopic (exact) mass is 772 g/mol. The van der Waals surface area contributed by atoms with Crippen molar-refractivity contribution in [2.45, 2.75) is 90.4 Å². The van der Waals surface area contributed by atoms with Gasteiger partial charge in [0, 0.05) is 12.9 Å². The third kappa shape index (κ3) is 14.6. The zero-order valence-electron chi connectivity index (χ0n) is 31.1. The van der Waals surface area contributed by atoms with Crippen molar-refractivity contribution in [2.75, 3.05) is 20.7 Å². The van der Waals surface area contributed by atoms with Gasteiger partial charge in [0.05, 0.1) is 32.0 Å². The summed E-state index contributed by atoms with van der Waals surface area (Å²) in [4.78, 5) is 24.0. The first-order chi connectivity index (χ1) is 26.0. The second kappa shape index (κ2) is 22.3. The minimum Gasteiger partial charge on any atom is -0.432 e. The van der Waals surface area contributed by atoms with Gasteiger partial charge in [-0.15, -0.1) is 0 Å². The molecule has 0 spiro atoms. The van der Waals surface area contributed by atoms with Gasteiger partial charge in [-0.05, 0) is 50.5 Å². The summed E-state index contributed by atoms with van der Waals surface area (Å²) in [6.45, 7) is 5.49. The summed E-state index contributed by atoms with van der Waals surface area (Å²) < 4.78 is 76.4. The minimum atomic E-state index is -4.34. The van der Waals surface area contributed by atoms with Crippen molar-refractivity contribution in [2.24, 2.45) is 0 Å². The quantitative estimate of drug-likeness (QED) is 0.0621. The predicted octanol–water partition coefficient (Wildman–Crippen LogP) is 7.89. The van der Waals surface area contributed by atoms with Gasteiger partial charge >= 0.3 is 19.9 Å². The van der Waals surface area contributed by atoms with Crippen LogP contribution in [0.2, 0.25) is 0 Å². The largest absolute Gasteiger partial charge is 0.510 e. The lowest BCUT2D eigenvalue weighted by Crippen LogP contribution is -2.60. The number of rotatable bonds is 20. The number of carbonyl (C=O) groups is 2. The molecule has 54 heavy (non-hydrogen) atoms.